The number of aliphatic carboxylic acids is 1. The number of alkyl halides is 3. The molecule has 40 heavy (non-hydrogen) atoms. The summed E-state index contributed by atoms with van der Waals surface area (Å²) < 4.78 is 33.3. The Labute approximate surface area is 234 Å². The molecule has 0 radical (unpaired) electrons. The molecule has 3 aromatic rings. The van der Waals surface area contributed by atoms with Gasteiger partial charge in [-0.1, -0.05) is 23.7 Å². The Morgan fingerprint density at radius 3 is 2.48 bits per heavy atom. The van der Waals surface area contributed by atoms with Crippen LogP contribution in [0.4, 0.5) is 13.2 Å². The first-order valence-corrected chi connectivity index (χ1v) is 13.1. The third kappa shape index (κ3) is 8.25. The van der Waals surface area contributed by atoms with Gasteiger partial charge >= 0.3 is 12.1 Å². The number of nitrogens with zero attached hydrogens (tertiary/aromatic N) is 5. The van der Waals surface area contributed by atoms with Crippen molar-refractivity contribution in [3.8, 4) is 0 Å². The van der Waals surface area contributed by atoms with Crippen LogP contribution >= 0.6 is 11.6 Å². The van der Waals surface area contributed by atoms with Crippen molar-refractivity contribution < 1.29 is 27.9 Å². The van der Waals surface area contributed by atoms with E-state index in [2.05, 4.69) is 9.88 Å². The van der Waals surface area contributed by atoms with Crippen LogP contribution < -0.4 is 5.56 Å². The monoisotopic (exact) mass is 581 g/mol. The number of amides is 1. The molecule has 1 amide bonds. The van der Waals surface area contributed by atoms with Crippen molar-refractivity contribution in [2.75, 3.05) is 26.7 Å². The van der Waals surface area contributed by atoms with E-state index in [0.29, 0.717) is 42.9 Å². The van der Waals surface area contributed by atoms with Crippen molar-refractivity contribution in [3.63, 3.8) is 0 Å². The molecule has 1 N–H and O–H groups in total. The number of halogens is 4. The second kappa shape index (κ2) is 13.7. The second-order valence-corrected chi connectivity index (χ2v) is 9.89. The molecular weight excluding hydrogens is 551 g/mol. The number of aromatic nitrogens is 3. The highest BCUT2D eigenvalue weighted by molar-refractivity contribution is 6.30. The van der Waals surface area contributed by atoms with Gasteiger partial charge in [-0.2, -0.15) is 18.3 Å². The maximum Gasteiger partial charge on any atom is 0.490 e. The van der Waals surface area contributed by atoms with Crippen molar-refractivity contribution >= 4 is 34.2 Å². The van der Waals surface area contributed by atoms with Gasteiger partial charge in [-0.15, -0.1) is 0 Å². The zero-order chi connectivity index (χ0) is 29.4. The molecule has 4 rings (SSSR count). The zero-order valence-corrected chi connectivity index (χ0v) is 23.0. The Bertz CT molecular complexity index is 1380. The van der Waals surface area contributed by atoms with E-state index in [0.717, 1.165) is 36.0 Å². The molecule has 0 bridgehead atoms. The Hall–Kier alpha value is -3.51. The molecule has 1 aromatic carbocycles. The lowest BCUT2D eigenvalue weighted by Crippen LogP contribution is -2.39. The van der Waals surface area contributed by atoms with E-state index < -0.39 is 12.1 Å². The molecule has 3 heterocycles. The predicted octanol–water partition coefficient (Wildman–Crippen LogP) is 4.00. The molecule has 0 unspecified atom stereocenters. The van der Waals surface area contributed by atoms with E-state index in [1.54, 1.807) is 28.0 Å². The average Bonchev–Trinajstić information content (AvgIpc) is 3.37. The summed E-state index contributed by atoms with van der Waals surface area (Å²) >= 11 is 6.04. The van der Waals surface area contributed by atoms with Crippen LogP contribution in [0.15, 0.2) is 47.5 Å². The van der Waals surface area contributed by atoms with Crippen molar-refractivity contribution in [2.45, 2.75) is 51.4 Å². The summed E-state index contributed by atoms with van der Waals surface area (Å²) in [6.45, 7) is 4.85. The van der Waals surface area contributed by atoms with E-state index in [1.807, 2.05) is 38.2 Å². The molecule has 0 saturated carbocycles. The van der Waals surface area contributed by atoms with Gasteiger partial charge in [0.1, 0.15) is 0 Å². The van der Waals surface area contributed by atoms with Gasteiger partial charge in [0.05, 0.1) is 17.6 Å². The lowest BCUT2D eigenvalue weighted by atomic mass is 10.1. The molecule has 13 heteroatoms. The van der Waals surface area contributed by atoms with Crippen molar-refractivity contribution in [2.24, 2.45) is 0 Å². The summed E-state index contributed by atoms with van der Waals surface area (Å²) in [4.78, 5) is 42.7. The Kier molecular flexibility index (Phi) is 10.6. The van der Waals surface area contributed by atoms with Crippen LogP contribution in [0.25, 0.3) is 10.8 Å². The second-order valence-electron chi connectivity index (χ2n) is 9.45. The first kappa shape index (κ1) is 31.0. The first-order chi connectivity index (χ1) is 18.9. The Morgan fingerprint density at radius 2 is 1.85 bits per heavy atom. The quantitative estimate of drug-likeness (QED) is 0.428. The Morgan fingerprint density at radius 1 is 1.18 bits per heavy atom. The van der Waals surface area contributed by atoms with E-state index in [1.165, 1.54) is 0 Å². The molecule has 0 aliphatic carbocycles. The minimum absolute atomic E-state index is 0.0964. The highest BCUT2D eigenvalue weighted by Gasteiger charge is 2.38. The number of benzene rings is 1. The zero-order valence-electron chi connectivity index (χ0n) is 22.2. The lowest BCUT2D eigenvalue weighted by Gasteiger charge is -2.25. The summed E-state index contributed by atoms with van der Waals surface area (Å²) in [6.07, 6.45) is 1.42. The number of carbonyl (C=O) groups is 2. The number of likely N-dealkylation sites (tertiary alicyclic amines) is 1. The van der Waals surface area contributed by atoms with Gasteiger partial charge in [0.2, 0.25) is 5.91 Å². The highest BCUT2D eigenvalue weighted by atomic mass is 35.5. The van der Waals surface area contributed by atoms with Crippen molar-refractivity contribution in [3.05, 3.63) is 69.4 Å². The van der Waals surface area contributed by atoms with Gasteiger partial charge in [0.25, 0.3) is 5.56 Å². The maximum absolute atomic E-state index is 13.2. The van der Waals surface area contributed by atoms with Crippen LogP contribution in [0.3, 0.4) is 0 Å². The molecule has 1 saturated heterocycles. The normalized spacial score (nSPS) is 15.5. The topological polar surface area (TPSA) is 109 Å². The van der Waals surface area contributed by atoms with Crippen LogP contribution in [0.5, 0.6) is 0 Å². The molecule has 1 aliphatic heterocycles. The van der Waals surface area contributed by atoms with Crippen LogP contribution in [-0.4, -0.2) is 80.4 Å². The summed E-state index contributed by atoms with van der Waals surface area (Å²) in [5.41, 5.74) is 1.80. The summed E-state index contributed by atoms with van der Waals surface area (Å²) in [7, 11) is 1.83. The fraction of sp³-hybridized carbons (Fsp3) is 0.444. The third-order valence-electron chi connectivity index (χ3n) is 6.76. The number of carbonyl (C=O) groups excluding carboxylic acids is 1. The summed E-state index contributed by atoms with van der Waals surface area (Å²) in [6, 6.07) is 9.64. The first-order valence-electron chi connectivity index (χ1n) is 12.8. The van der Waals surface area contributed by atoms with Crippen LogP contribution in [-0.2, 0) is 22.6 Å². The number of hydrogen-bond acceptors (Lipinski definition) is 6. The largest absolute Gasteiger partial charge is 0.490 e. The highest BCUT2D eigenvalue weighted by Crippen LogP contribution is 2.21. The molecule has 216 valence electrons. The van der Waals surface area contributed by atoms with E-state index >= 15 is 0 Å². The fourth-order valence-corrected chi connectivity index (χ4v) is 4.57. The van der Waals surface area contributed by atoms with Crippen LogP contribution in [0.1, 0.15) is 37.4 Å². The minimum atomic E-state index is -5.08. The van der Waals surface area contributed by atoms with Crippen LogP contribution in [0.2, 0.25) is 5.02 Å². The van der Waals surface area contributed by atoms with Gasteiger partial charge in [-0.05, 0) is 50.1 Å². The molecule has 1 aliphatic rings. The van der Waals surface area contributed by atoms with Gasteiger partial charge in [-0.3, -0.25) is 19.5 Å². The third-order valence-corrected chi connectivity index (χ3v) is 7.01. The number of carboxylic acids is 1. The summed E-state index contributed by atoms with van der Waals surface area (Å²) in [5, 5.41) is 14.0. The molecule has 1 fully saturated rings. The van der Waals surface area contributed by atoms with E-state index in [4.69, 9.17) is 26.6 Å². The predicted molar refractivity (Wildman–Crippen MR) is 144 cm³/mol. The maximum atomic E-state index is 13.2. The number of hydrogen-bond donors (Lipinski definition) is 1. The number of rotatable bonds is 8. The standard InChI is InChI=1S/C25H30ClN5O2.C2HF3O2/c1-3-29(2)24(32)11-14-30-13-4-5-20(30)17-31-25(33)21-10-12-27-16-22(21)23(28-31)15-18-6-8-19(26)9-7-18;3-2(4,5)1(6)7/h6-10,12,16,20H,3-5,11,13-15,17H2,1-2H3;(H,6,7)/t20-;/m1./s1. The Balaban J connectivity index is 0.000000559. The molecular formula is C27H31ClF3N5O4. The van der Waals surface area contributed by atoms with E-state index in [-0.39, 0.29) is 17.5 Å². The number of pyridine rings is 1. The van der Waals surface area contributed by atoms with Gasteiger partial charge in [0.15, 0.2) is 0 Å². The van der Waals surface area contributed by atoms with E-state index in [9.17, 15) is 22.8 Å². The van der Waals surface area contributed by atoms with Gasteiger partial charge in [0, 0.05) is 61.8 Å². The SMILES string of the molecule is CCN(C)C(=O)CCN1CCC[C@@H]1Cn1nc(Cc2ccc(Cl)cc2)c2cnccc2c1=O.O=C(O)C(F)(F)F. The lowest BCUT2D eigenvalue weighted by molar-refractivity contribution is -0.192. The fourth-order valence-electron chi connectivity index (χ4n) is 4.45. The summed E-state index contributed by atoms with van der Waals surface area (Å²) in [5.74, 6) is -2.60. The van der Waals surface area contributed by atoms with Crippen LogP contribution in [0, 0.1) is 0 Å². The molecule has 0 spiro atoms. The van der Waals surface area contributed by atoms with Gasteiger partial charge < -0.3 is 10.0 Å². The van der Waals surface area contributed by atoms with Crippen molar-refractivity contribution in [1.82, 2.24) is 24.6 Å². The average molecular weight is 582 g/mol. The van der Waals surface area contributed by atoms with Crippen molar-refractivity contribution in [1.29, 1.82) is 0 Å². The number of carboxylic acid groups (broad SMARTS) is 1. The van der Waals surface area contributed by atoms with Gasteiger partial charge in [-0.25, -0.2) is 9.48 Å². The molecule has 9 nitrogen and oxygen atoms in total. The minimum Gasteiger partial charge on any atom is -0.475 e. The molecule has 2 aromatic heterocycles. The molecule has 1 atom stereocenters. The smallest absolute Gasteiger partial charge is 0.475 e. The number of fused-ring (bicyclic) bond motifs is 1.